The van der Waals surface area contributed by atoms with E-state index in [1.54, 1.807) is 0 Å². The predicted molar refractivity (Wildman–Crippen MR) is 69.1 cm³/mol. The Balaban J connectivity index is 1.69. The summed E-state index contributed by atoms with van der Waals surface area (Å²) in [5, 5.41) is 3.59. The molecule has 0 aromatic carbocycles. The molecule has 1 saturated carbocycles. The Morgan fingerprint density at radius 2 is 2.19 bits per heavy atom. The molecule has 0 unspecified atom stereocenters. The molecule has 16 heavy (non-hydrogen) atoms. The first-order valence-electron chi connectivity index (χ1n) is 6.10. The van der Waals surface area contributed by atoms with Crippen molar-refractivity contribution >= 4 is 11.3 Å². The zero-order chi connectivity index (χ0) is 11.5. The molecule has 1 heterocycles. The standard InChI is InChI=1S/C13H21NOS/c1-4-15-12-6-11(7-12)14-8-13-5-9(2)10(3)16-13/h5,11-12,14H,4,6-8H2,1-3H3. The van der Waals surface area contributed by atoms with E-state index in [-0.39, 0.29) is 0 Å². The third-order valence-corrected chi connectivity index (χ3v) is 4.43. The molecule has 1 fully saturated rings. The Morgan fingerprint density at radius 1 is 1.44 bits per heavy atom. The van der Waals surface area contributed by atoms with Crippen molar-refractivity contribution in [3.8, 4) is 0 Å². The van der Waals surface area contributed by atoms with Crippen LogP contribution in [0.2, 0.25) is 0 Å². The Kier molecular flexibility index (Phi) is 4.00. The molecule has 0 aliphatic heterocycles. The van der Waals surface area contributed by atoms with E-state index in [0.29, 0.717) is 12.1 Å². The van der Waals surface area contributed by atoms with Crippen LogP contribution in [-0.2, 0) is 11.3 Å². The third-order valence-electron chi connectivity index (χ3n) is 3.28. The maximum Gasteiger partial charge on any atom is 0.0604 e. The molecule has 1 aliphatic rings. The fourth-order valence-electron chi connectivity index (χ4n) is 2.09. The van der Waals surface area contributed by atoms with Gasteiger partial charge in [0.25, 0.3) is 0 Å². The van der Waals surface area contributed by atoms with Crippen LogP contribution in [0.1, 0.15) is 35.1 Å². The number of thiophene rings is 1. The summed E-state index contributed by atoms with van der Waals surface area (Å²) in [4.78, 5) is 2.90. The van der Waals surface area contributed by atoms with E-state index < -0.39 is 0 Å². The zero-order valence-electron chi connectivity index (χ0n) is 10.4. The fourth-order valence-corrected chi connectivity index (χ4v) is 3.09. The van der Waals surface area contributed by atoms with Gasteiger partial charge in [-0.3, -0.25) is 0 Å². The molecule has 0 bridgehead atoms. The van der Waals surface area contributed by atoms with Crippen LogP contribution in [0, 0.1) is 13.8 Å². The molecule has 0 spiro atoms. The molecule has 1 aromatic rings. The molecular weight excluding hydrogens is 218 g/mol. The second kappa shape index (κ2) is 5.30. The molecule has 3 heteroatoms. The van der Waals surface area contributed by atoms with Crippen LogP contribution in [0.4, 0.5) is 0 Å². The Morgan fingerprint density at radius 3 is 2.75 bits per heavy atom. The Labute approximate surface area is 102 Å². The van der Waals surface area contributed by atoms with E-state index in [1.807, 2.05) is 11.3 Å². The summed E-state index contributed by atoms with van der Waals surface area (Å²) in [7, 11) is 0. The predicted octanol–water partition coefficient (Wildman–Crippen LogP) is 3.02. The van der Waals surface area contributed by atoms with Gasteiger partial charge in [0, 0.05) is 28.9 Å². The minimum atomic E-state index is 0.509. The summed E-state index contributed by atoms with van der Waals surface area (Å²) in [5.41, 5.74) is 1.42. The number of hydrogen-bond acceptors (Lipinski definition) is 3. The van der Waals surface area contributed by atoms with Crippen molar-refractivity contribution in [3.63, 3.8) is 0 Å². The minimum absolute atomic E-state index is 0.509. The van der Waals surface area contributed by atoms with Crippen LogP contribution >= 0.6 is 11.3 Å². The van der Waals surface area contributed by atoms with E-state index >= 15 is 0 Å². The quantitative estimate of drug-likeness (QED) is 0.853. The average molecular weight is 239 g/mol. The molecule has 0 saturated heterocycles. The van der Waals surface area contributed by atoms with Gasteiger partial charge in [-0.2, -0.15) is 0 Å². The van der Waals surface area contributed by atoms with Gasteiger partial charge in [0.2, 0.25) is 0 Å². The summed E-state index contributed by atoms with van der Waals surface area (Å²) in [6.45, 7) is 8.31. The smallest absolute Gasteiger partial charge is 0.0604 e. The maximum atomic E-state index is 5.55. The second-order valence-electron chi connectivity index (χ2n) is 4.58. The van der Waals surface area contributed by atoms with Crippen molar-refractivity contribution in [2.45, 2.75) is 52.3 Å². The van der Waals surface area contributed by atoms with Crippen LogP contribution in [-0.4, -0.2) is 18.8 Å². The summed E-state index contributed by atoms with van der Waals surface area (Å²) in [6.07, 6.45) is 2.86. The second-order valence-corrected chi connectivity index (χ2v) is 5.92. The van der Waals surface area contributed by atoms with Crippen LogP contribution < -0.4 is 5.32 Å². The van der Waals surface area contributed by atoms with Gasteiger partial charge in [-0.15, -0.1) is 11.3 Å². The molecule has 2 rings (SSSR count). The number of aryl methyl sites for hydroxylation is 2. The SMILES string of the molecule is CCOC1CC(NCc2cc(C)c(C)s2)C1. The highest BCUT2D eigenvalue weighted by molar-refractivity contribution is 7.12. The molecular formula is C13H21NOS. The molecule has 0 amide bonds. The number of hydrogen-bond donors (Lipinski definition) is 1. The lowest BCUT2D eigenvalue weighted by Crippen LogP contribution is -2.44. The highest BCUT2D eigenvalue weighted by Gasteiger charge is 2.28. The number of ether oxygens (including phenoxy) is 1. The summed E-state index contributed by atoms with van der Waals surface area (Å²) in [5.74, 6) is 0. The van der Waals surface area contributed by atoms with Gasteiger partial charge in [-0.05, 0) is 45.2 Å². The van der Waals surface area contributed by atoms with Crippen LogP contribution in [0.15, 0.2) is 6.07 Å². The van der Waals surface area contributed by atoms with Crippen molar-refractivity contribution in [2.24, 2.45) is 0 Å². The molecule has 1 aromatic heterocycles. The van der Waals surface area contributed by atoms with Gasteiger partial charge in [-0.25, -0.2) is 0 Å². The third kappa shape index (κ3) is 2.84. The maximum absolute atomic E-state index is 5.55. The topological polar surface area (TPSA) is 21.3 Å². The van der Waals surface area contributed by atoms with Gasteiger partial charge < -0.3 is 10.1 Å². The number of nitrogens with one attached hydrogen (secondary N) is 1. The van der Waals surface area contributed by atoms with Gasteiger partial charge in [-0.1, -0.05) is 0 Å². The largest absolute Gasteiger partial charge is 0.378 e. The van der Waals surface area contributed by atoms with Gasteiger partial charge in [0.1, 0.15) is 0 Å². The average Bonchev–Trinajstić information content (AvgIpc) is 2.50. The van der Waals surface area contributed by atoms with E-state index in [9.17, 15) is 0 Å². The monoisotopic (exact) mass is 239 g/mol. The van der Waals surface area contributed by atoms with Crippen LogP contribution in [0.25, 0.3) is 0 Å². The fraction of sp³-hybridized carbons (Fsp3) is 0.692. The van der Waals surface area contributed by atoms with Gasteiger partial charge >= 0.3 is 0 Å². The Hall–Kier alpha value is -0.380. The first-order chi connectivity index (χ1) is 7.69. The zero-order valence-corrected chi connectivity index (χ0v) is 11.2. The van der Waals surface area contributed by atoms with E-state index in [2.05, 4.69) is 32.2 Å². The highest BCUT2D eigenvalue weighted by atomic mass is 32.1. The normalized spacial score (nSPS) is 24.4. The first-order valence-corrected chi connectivity index (χ1v) is 6.91. The molecule has 0 radical (unpaired) electrons. The summed E-state index contributed by atoms with van der Waals surface area (Å²) < 4.78 is 5.55. The van der Waals surface area contributed by atoms with Crippen molar-refractivity contribution in [1.82, 2.24) is 5.32 Å². The van der Waals surface area contributed by atoms with Gasteiger partial charge in [0.15, 0.2) is 0 Å². The molecule has 90 valence electrons. The van der Waals surface area contributed by atoms with Gasteiger partial charge in [0.05, 0.1) is 6.10 Å². The van der Waals surface area contributed by atoms with Crippen molar-refractivity contribution in [3.05, 3.63) is 21.4 Å². The summed E-state index contributed by atoms with van der Waals surface area (Å²) in [6, 6.07) is 2.96. The molecule has 1 aliphatic carbocycles. The lowest BCUT2D eigenvalue weighted by Gasteiger charge is -2.35. The molecule has 2 nitrogen and oxygen atoms in total. The lowest BCUT2D eigenvalue weighted by atomic mass is 9.89. The minimum Gasteiger partial charge on any atom is -0.378 e. The van der Waals surface area contributed by atoms with E-state index in [1.165, 1.54) is 28.2 Å². The first kappa shape index (κ1) is 12.1. The van der Waals surface area contributed by atoms with E-state index in [4.69, 9.17) is 4.74 Å². The van der Waals surface area contributed by atoms with Crippen molar-refractivity contribution < 1.29 is 4.74 Å². The number of rotatable bonds is 5. The van der Waals surface area contributed by atoms with Crippen LogP contribution in [0.5, 0.6) is 0 Å². The van der Waals surface area contributed by atoms with Crippen LogP contribution in [0.3, 0.4) is 0 Å². The Bertz CT molecular complexity index is 322. The van der Waals surface area contributed by atoms with E-state index in [0.717, 1.165) is 13.2 Å². The van der Waals surface area contributed by atoms with Crippen molar-refractivity contribution in [1.29, 1.82) is 0 Å². The molecule has 0 atom stereocenters. The van der Waals surface area contributed by atoms with Crippen molar-refractivity contribution in [2.75, 3.05) is 6.61 Å². The highest BCUT2D eigenvalue weighted by Crippen LogP contribution is 2.25. The molecule has 1 N–H and O–H groups in total. The summed E-state index contributed by atoms with van der Waals surface area (Å²) >= 11 is 1.91. The lowest BCUT2D eigenvalue weighted by molar-refractivity contribution is -0.0101.